The van der Waals surface area contributed by atoms with Crippen LogP contribution >= 0.6 is 0 Å². The quantitative estimate of drug-likeness (QED) is 0.930. The van der Waals surface area contributed by atoms with Crippen LogP contribution in [0.3, 0.4) is 0 Å². The average molecular weight is 340 g/mol. The number of hydrogen-bond donors (Lipinski definition) is 1. The maximum absolute atomic E-state index is 13.2. The van der Waals surface area contributed by atoms with E-state index in [1.807, 2.05) is 23.1 Å². The molecule has 0 aliphatic carbocycles. The largest absolute Gasteiger partial charge is 0.484 e. The topological polar surface area (TPSA) is 41.6 Å². The van der Waals surface area contributed by atoms with Gasteiger partial charge >= 0.3 is 0 Å². The summed E-state index contributed by atoms with van der Waals surface area (Å²) < 4.78 is 18.8. The molecule has 25 heavy (non-hydrogen) atoms. The van der Waals surface area contributed by atoms with Gasteiger partial charge in [0.25, 0.3) is 5.91 Å². The summed E-state index contributed by atoms with van der Waals surface area (Å²) >= 11 is 0. The van der Waals surface area contributed by atoms with Crippen molar-refractivity contribution in [1.29, 1.82) is 0 Å². The van der Waals surface area contributed by atoms with E-state index < -0.39 is 0 Å². The molecule has 0 saturated carbocycles. The normalized spacial score (nSPS) is 25.0. The van der Waals surface area contributed by atoms with Gasteiger partial charge in [0, 0.05) is 31.6 Å². The third-order valence-corrected chi connectivity index (χ3v) is 5.18. The first kappa shape index (κ1) is 16.1. The van der Waals surface area contributed by atoms with E-state index in [1.165, 1.54) is 12.1 Å². The molecule has 2 heterocycles. The summed E-state index contributed by atoms with van der Waals surface area (Å²) in [6.45, 7) is 2.55. The minimum absolute atomic E-state index is 0.0486. The van der Waals surface area contributed by atoms with Crippen LogP contribution in [0.2, 0.25) is 0 Å². The van der Waals surface area contributed by atoms with Crippen LogP contribution in [-0.4, -0.2) is 37.0 Å². The molecule has 2 aromatic carbocycles. The molecule has 0 aromatic heterocycles. The molecule has 0 unspecified atom stereocenters. The lowest BCUT2D eigenvalue weighted by Gasteiger charge is -2.28. The first-order chi connectivity index (χ1) is 12.2. The Bertz CT molecular complexity index is 752. The number of nitrogens with one attached hydrogen (secondary N) is 1. The molecule has 3 atom stereocenters. The highest BCUT2D eigenvalue weighted by atomic mass is 19.1. The number of carbonyl (C=O) groups excluding carboxylic acids is 1. The number of halogens is 1. The lowest BCUT2D eigenvalue weighted by Crippen LogP contribution is -2.37. The monoisotopic (exact) mass is 340 g/mol. The van der Waals surface area contributed by atoms with Crippen LogP contribution in [0.5, 0.6) is 5.75 Å². The zero-order valence-electron chi connectivity index (χ0n) is 13.9. The first-order valence-corrected chi connectivity index (χ1v) is 8.66. The summed E-state index contributed by atoms with van der Waals surface area (Å²) in [5, 5.41) is 3.44. The Balaban J connectivity index is 1.50. The molecule has 4 rings (SSSR count). The van der Waals surface area contributed by atoms with Crippen LogP contribution in [0.1, 0.15) is 11.6 Å². The van der Waals surface area contributed by atoms with Crippen LogP contribution in [0.25, 0.3) is 0 Å². The van der Waals surface area contributed by atoms with E-state index in [4.69, 9.17) is 4.74 Å². The summed E-state index contributed by atoms with van der Waals surface area (Å²) in [6.07, 6.45) is 0. The van der Waals surface area contributed by atoms with Gasteiger partial charge in [-0.3, -0.25) is 4.79 Å². The number of likely N-dealkylation sites (tertiary alicyclic amines) is 1. The van der Waals surface area contributed by atoms with Crippen molar-refractivity contribution < 1.29 is 13.9 Å². The minimum atomic E-state index is -0.367. The van der Waals surface area contributed by atoms with Crippen molar-refractivity contribution in [3.8, 4) is 5.75 Å². The molecule has 0 radical (unpaired) electrons. The summed E-state index contributed by atoms with van der Waals surface area (Å²) in [7, 11) is 0. The Morgan fingerprint density at radius 2 is 2.00 bits per heavy atom. The van der Waals surface area contributed by atoms with Crippen molar-refractivity contribution in [2.75, 3.05) is 26.2 Å². The van der Waals surface area contributed by atoms with Crippen molar-refractivity contribution in [3.05, 3.63) is 66.0 Å². The molecule has 1 N–H and O–H groups in total. The Hall–Kier alpha value is -2.40. The van der Waals surface area contributed by atoms with Gasteiger partial charge in [-0.05, 0) is 23.6 Å². The molecule has 2 aliphatic heterocycles. The number of carbonyl (C=O) groups is 1. The molecule has 2 saturated heterocycles. The number of fused-ring (bicyclic) bond motifs is 1. The number of nitrogens with zero attached hydrogens (tertiary/aromatic N) is 1. The molecule has 2 aliphatic rings. The van der Waals surface area contributed by atoms with E-state index in [2.05, 4.69) is 17.4 Å². The molecule has 5 heteroatoms. The summed E-state index contributed by atoms with van der Waals surface area (Å²) in [4.78, 5) is 14.7. The van der Waals surface area contributed by atoms with Crippen molar-refractivity contribution in [2.45, 2.75) is 6.04 Å². The Labute approximate surface area is 146 Å². The predicted molar refractivity (Wildman–Crippen MR) is 92.6 cm³/mol. The third kappa shape index (κ3) is 3.24. The van der Waals surface area contributed by atoms with Crippen LogP contribution in [0, 0.1) is 17.7 Å². The molecule has 4 nitrogen and oxygen atoms in total. The van der Waals surface area contributed by atoms with Crippen molar-refractivity contribution >= 4 is 5.91 Å². The lowest BCUT2D eigenvalue weighted by molar-refractivity contribution is -0.134. The zero-order valence-corrected chi connectivity index (χ0v) is 13.9. The van der Waals surface area contributed by atoms with Gasteiger partial charge in [-0.25, -0.2) is 4.39 Å². The molecule has 1 amide bonds. The van der Waals surface area contributed by atoms with E-state index in [1.54, 1.807) is 12.1 Å². The smallest absolute Gasteiger partial charge is 0.261 e. The molecule has 0 spiro atoms. The third-order valence-electron chi connectivity index (χ3n) is 5.18. The van der Waals surface area contributed by atoms with E-state index in [0.29, 0.717) is 17.6 Å². The van der Waals surface area contributed by atoms with E-state index >= 15 is 0 Å². The number of hydrogen-bond acceptors (Lipinski definition) is 3. The summed E-state index contributed by atoms with van der Waals surface area (Å²) in [6, 6.07) is 16.1. The van der Waals surface area contributed by atoms with E-state index in [0.717, 1.165) is 25.2 Å². The fourth-order valence-corrected chi connectivity index (χ4v) is 4.04. The number of rotatable bonds is 4. The van der Waals surface area contributed by atoms with Crippen LogP contribution in [-0.2, 0) is 4.79 Å². The second kappa shape index (κ2) is 6.84. The SMILES string of the molecule is O=C(COc1cccc(F)c1)N1C[C@@H]2CNC[C@@H]2[C@H]1c1ccccc1. The number of amides is 1. The molecular formula is C20H21FN2O2. The minimum Gasteiger partial charge on any atom is -0.484 e. The zero-order chi connectivity index (χ0) is 17.2. The van der Waals surface area contributed by atoms with Gasteiger partial charge in [0.1, 0.15) is 11.6 Å². The van der Waals surface area contributed by atoms with Crippen molar-refractivity contribution in [3.63, 3.8) is 0 Å². The number of benzene rings is 2. The van der Waals surface area contributed by atoms with E-state index in [9.17, 15) is 9.18 Å². The summed E-state index contributed by atoms with van der Waals surface area (Å²) in [5.41, 5.74) is 1.16. The van der Waals surface area contributed by atoms with Crippen LogP contribution < -0.4 is 10.1 Å². The fraction of sp³-hybridized carbons (Fsp3) is 0.350. The highest BCUT2D eigenvalue weighted by molar-refractivity contribution is 5.78. The van der Waals surface area contributed by atoms with Gasteiger partial charge in [0.05, 0.1) is 6.04 Å². The van der Waals surface area contributed by atoms with Gasteiger partial charge < -0.3 is 15.0 Å². The van der Waals surface area contributed by atoms with Crippen molar-refractivity contribution in [2.24, 2.45) is 11.8 Å². The Kier molecular flexibility index (Phi) is 4.40. The van der Waals surface area contributed by atoms with Crippen LogP contribution in [0.4, 0.5) is 4.39 Å². The summed E-state index contributed by atoms with van der Waals surface area (Å²) in [5.74, 6) is 0.871. The Morgan fingerprint density at radius 1 is 1.16 bits per heavy atom. The highest BCUT2D eigenvalue weighted by Gasteiger charge is 2.46. The van der Waals surface area contributed by atoms with Gasteiger partial charge in [-0.2, -0.15) is 0 Å². The fourth-order valence-electron chi connectivity index (χ4n) is 4.04. The maximum Gasteiger partial charge on any atom is 0.261 e. The van der Waals surface area contributed by atoms with Gasteiger partial charge in [-0.15, -0.1) is 0 Å². The van der Waals surface area contributed by atoms with E-state index in [-0.39, 0.29) is 24.4 Å². The standard InChI is InChI=1S/C20H21FN2O2/c21-16-7-4-8-17(9-16)25-13-19(24)23-12-15-10-22-11-18(15)20(23)14-5-2-1-3-6-14/h1-9,15,18,20,22H,10-13H2/t15-,18-,20+/m0/s1. The van der Waals surface area contributed by atoms with Gasteiger partial charge in [0.2, 0.25) is 0 Å². The Morgan fingerprint density at radius 3 is 2.80 bits per heavy atom. The maximum atomic E-state index is 13.2. The van der Waals surface area contributed by atoms with Gasteiger partial charge in [-0.1, -0.05) is 36.4 Å². The second-order valence-electron chi connectivity index (χ2n) is 6.73. The van der Waals surface area contributed by atoms with Crippen molar-refractivity contribution in [1.82, 2.24) is 10.2 Å². The highest BCUT2D eigenvalue weighted by Crippen LogP contribution is 2.42. The van der Waals surface area contributed by atoms with Gasteiger partial charge in [0.15, 0.2) is 6.61 Å². The second-order valence-corrected chi connectivity index (χ2v) is 6.73. The molecule has 130 valence electrons. The molecule has 2 fully saturated rings. The molecule has 2 aromatic rings. The molecule has 0 bridgehead atoms. The average Bonchev–Trinajstić information content (AvgIpc) is 3.21. The predicted octanol–water partition coefficient (Wildman–Crippen LogP) is 2.62. The lowest BCUT2D eigenvalue weighted by atomic mass is 9.89. The molecular weight excluding hydrogens is 319 g/mol. The van der Waals surface area contributed by atoms with Crippen LogP contribution in [0.15, 0.2) is 54.6 Å². The number of ether oxygens (including phenoxy) is 1. The first-order valence-electron chi connectivity index (χ1n) is 8.66.